The van der Waals surface area contributed by atoms with Gasteiger partial charge in [-0.25, -0.2) is 4.68 Å². The molecule has 26 heavy (non-hydrogen) atoms. The van der Waals surface area contributed by atoms with Gasteiger partial charge in [0.1, 0.15) is 16.4 Å². The Morgan fingerprint density at radius 1 is 1.19 bits per heavy atom. The third kappa shape index (κ3) is 3.29. The molecule has 0 aliphatic carbocycles. The van der Waals surface area contributed by atoms with Gasteiger partial charge in [-0.2, -0.15) is 5.10 Å². The summed E-state index contributed by atoms with van der Waals surface area (Å²) < 4.78 is 1.45. The second-order valence-corrected chi connectivity index (χ2v) is 6.09. The first-order chi connectivity index (χ1) is 12.4. The molecule has 1 heterocycles. The van der Waals surface area contributed by atoms with Crippen LogP contribution in [0.3, 0.4) is 0 Å². The predicted molar refractivity (Wildman–Crippen MR) is 99.1 cm³/mol. The normalized spacial score (nSPS) is 10.6. The Morgan fingerprint density at radius 2 is 1.88 bits per heavy atom. The molecule has 3 rings (SSSR count). The third-order valence-electron chi connectivity index (χ3n) is 3.83. The van der Waals surface area contributed by atoms with Crippen LogP contribution in [0.1, 0.15) is 21.6 Å². The molecule has 1 aromatic heterocycles. The molecule has 0 spiro atoms. The molecule has 0 aliphatic heterocycles. The van der Waals surface area contributed by atoms with Gasteiger partial charge in [0, 0.05) is 6.07 Å². The van der Waals surface area contributed by atoms with E-state index in [0.717, 1.165) is 5.56 Å². The quantitative estimate of drug-likeness (QED) is 0.547. The van der Waals surface area contributed by atoms with Crippen molar-refractivity contribution in [1.82, 2.24) is 9.78 Å². The van der Waals surface area contributed by atoms with Gasteiger partial charge < -0.3 is 5.32 Å². The maximum Gasteiger partial charge on any atom is 0.293 e. The van der Waals surface area contributed by atoms with Gasteiger partial charge in [-0.05, 0) is 37.6 Å². The van der Waals surface area contributed by atoms with Crippen molar-refractivity contribution < 1.29 is 9.72 Å². The number of carbonyl (C=O) groups excluding carboxylic acids is 1. The van der Waals surface area contributed by atoms with Crippen LogP contribution in [0, 0.1) is 24.0 Å². The highest BCUT2D eigenvalue weighted by atomic mass is 35.5. The Bertz CT molecular complexity index is 999. The summed E-state index contributed by atoms with van der Waals surface area (Å²) in [5.41, 5.74) is 1.95. The zero-order chi connectivity index (χ0) is 18.8. The van der Waals surface area contributed by atoms with E-state index in [1.807, 2.05) is 30.3 Å². The SMILES string of the molecule is Cc1ccc(NC(=O)c2c(C)nn(-c3ccccc3)c2Cl)c([N+](=O)[O-])c1. The summed E-state index contributed by atoms with van der Waals surface area (Å²) in [6, 6.07) is 13.7. The largest absolute Gasteiger partial charge is 0.316 e. The minimum Gasteiger partial charge on any atom is -0.316 e. The molecule has 8 heteroatoms. The van der Waals surface area contributed by atoms with Crippen LogP contribution in [0.5, 0.6) is 0 Å². The zero-order valence-electron chi connectivity index (χ0n) is 14.1. The minimum atomic E-state index is -0.554. The molecular formula is C18H15ClN4O3. The minimum absolute atomic E-state index is 0.105. The van der Waals surface area contributed by atoms with Crippen LogP contribution >= 0.6 is 11.6 Å². The predicted octanol–water partition coefficient (Wildman–Crippen LogP) is 4.30. The number of nitro benzene ring substituents is 1. The molecule has 0 radical (unpaired) electrons. The molecule has 0 bridgehead atoms. The van der Waals surface area contributed by atoms with Crippen molar-refractivity contribution in [3.63, 3.8) is 0 Å². The van der Waals surface area contributed by atoms with Crippen molar-refractivity contribution in [2.45, 2.75) is 13.8 Å². The molecule has 0 saturated carbocycles. The third-order valence-corrected chi connectivity index (χ3v) is 4.18. The van der Waals surface area contributed by atoms with Crippen molar-refractivity contribution in [3.05, 3.63) is 80.6 Å². The first-order valence-electron chi connectivity index (χ1n) is 7.75. The molecular weight excluding hydrogens is 356 g/mol. The molecule has 1 N–H and O–H groups in total. The molecule has 3 aromatic rings. The fraction of sp³-hybridized carbons (Fsp3) is 0.111. The van der Waals surface area contributed by atoms with E-state index >= 15 is 0 Å². The number of amides is 1. The van der Waals surface area contributed by atoms with E-state index in [2.05, 4.69) is 10.4 Å². The molecule has 1 amide bonds. The Labute approximate surface area is 154 Å². The van der Waals surface area contributed by atoms with Crippen molar-refractivity contribution in [2.75, 3.05) is 5.32 Å². The number of anilines is 1. The summed E-state index contributed by atoms with van der Waals surface area (Å²) >= 11 is 6.36. The lowest BCUT2D eigenvalue weighted by molar-refractivity contribution is -0.384. The number of aromatic nitrogens is 2. The maximum atomic E-state index is 12.7. The van der Waals surface area contributed by atoms with Crippen LogP contribution in [0.4, 0.5) is 11.4 Å². The molecule has 132 valence electrons. The number of aryl methyl sites for hydroxylation is 2. The van der Waals surface area contributed by atoms with Gasteiger partial charge in [-0.3, -0.25) is 14.9 Å². The van der Waals surface area contributed by atoms with E-state index in [0.29, 0.717) is 11.4 Å². The van der Waals surface area contributed by atoms with Crippen LogP contribution in [0.2, 0.25) is 5.15 Å². The molecule has 0 fully saturated rings. The fourth-order valence-corrected chi connectivity index (χ4v) is 2.94. The van der Waals surface area contributed by atoms with E-state index in [4.69, 9.17) is 11.6 Å². The van der Waals surface area contributed by atoms with E-state index in [1.54, 1.807) is 19.9 Å². The van der Waals surface area contributed by atoms with Crippen molar-refractivity contribution in [2.24, 2.45) is 0 Å². The van der Waals surface area contributed by atoms with E-state index in [-0.39, 0.29) is 22.1 Å². The van der Waals surface area contributed by atoms with Gasteiger partial charge in [0.15, 0.2) is 0 Å². The zero-order valence-corrected chi connectivity index (χ0v) is 14.8. The number of para-hydroxylation sites is 1. The smallest absolute Gasteiger partial charge is 0.293 e. The second-order valence-electron chi connectivity index (χ2n) is 5.73. The standard InChI is InChI=1S/C18H15ClN4O3/c1-11-8-9-14(15(10-11)23(25)26)20-18(24)16-12(2)21-22(17(16)19)13-6-4-3-5-7-13/h3-10H,1-2H3,(H,20,24). The van der Waals surface area contributed by atoms with Gasteiger partial charge in [-0.1, -0.05) is 35.9 Å². The topological polar surface area (TPSA) is 90.1 Å². The van der Waals surface area contributed by atoms with Crippen molar-refractivity contribution >= 4 is 28.9 Å². The lowest BCUT2D eigenvalue weighted by Crippen LogP contribution is -2.14. The van der Waals surface area contributed by atoms with Gasteiger partial charge in [0.25, 0.3) is 11.6 Å². The summed E-state index contributed by atoms with van der Waals surface area (Å²) in [6.45, 7) is 3.40. The van der Waals surface area contributed by atoms with Crippen molar-refractivity contribution in [3.8, 4) is 5.69 Å². The van der Waals surface area contributed by atoms with Crippen molar-refractivity contribution in [1.29, 1.82) is 0 Å². The number of nitrogens with zero attached hydrogens (tertiary/aromatic N) is 3. The number of hydrogen-bond donors (Lipinski definition) is 1. The molecule has 0 saturated heterocycles. The first kappa shape index (κ1) is 17.6. The average Bonchev–Trinajstić information content (AvgIpc) is 2.91. The van der Waals surface area contributed by atoms with E-state index in [9.17, 15) is 14.9 Å². The molecule has 0 aliphatic rings. The number of carbonyl (C=O) groups is 1. The monoisotopic (exact) mass is 370 g/mol. The van der Waals surface area contributed by atoms with Gasteiger partial charge in [0.2, 0.25) is 0 Å². The Hall–Kier alpha value is -3.19. The van der Waals surface area contributed by atoms with Crippen LogP contribution < -0.4 is 5.32 Å². The van der Waals surface area contributed by atoms with Gasteiger partial charge >= 0.3 is 0 Å². The summed E-state index contributed by atoms with van der Waals surface area (Å²) in [6.07, 6.45) is 0. The van der Waals surface area contributed by atoms with Crippen LogP contribution in [0.15, 0.2) is 48.5 Å². The van der Waals surface area contributed by atoms with E-state index in [1.165, 1.54) is 16.8 Å². The average molecular weight is 371 g/mol. The lowest BCUT2D eigenvalue weighted by Gasteiger charge is -2.07. The Balaban J connectivity index is 1.97. The highest BCUT2D eigenvalue weighted by Crippen LogP contribution is 2.28. The Kier molecular flexibility index (Phi) is 4.73. The highest BCUT2D eigenvalue weighted by molar-refractivity contribution is 6.34. The first-order valence-corrected chi connectivity index (χ1v) is 8.13. The summed E-state index contributed by atoms with van der Waals surface area (Å²) in [5, 5.41) is 18.2. The number of nitro groups is 1. The fourth-order valence-electron chi connectivity index (χ4n) is 2.58. The lowest BCUT2D eigenvalue weighted by atomic mass is 10.1. The number of hydrogen-bond acceptors (Lipinski definition) is 4. The highest BCUT2D eigenvalue weighted by Gasteiger charge is 2.23. The summed E-state index contributed by atoms with van der Waals surface area (Å²) in [5.74, 6) is -0.554. The van der Waals surface area contributed by atoms with Gasteiger partial charge in [-0.15, -0.1) is 0 Å². The molecule has 7 nitrogen and oxygen atoms in total. The van der Waals surface area contributed by atoms with Crippen LogP contribution in [-0.4, -0.2) is 20.6 Å². The molecule has 0 atom stereocenters. The molecule has 0 unspecified atom stereocenters. The number of nitrogens with one attached hydrogen (secondary N) is 1. The Morgan fingerprint density at radius 3 is 2.54 bits per heavy atom. The molecule has 2 aromatic carbocycles. The summed E-state index contributed by atoms with van der Waals surface area (Å²) in [4.78, 5) is 23.4. The number of rotatable bonds is 4. The van der Waals surface area contributed by atoms with Crippen LogP contribution in [-0.2, 0) is 0 Å². The van der Waals surface area contributed by atoms with E-state index < -0.39 is 10.8 Å². The number of benzene rings is 2. The maximum absolute atomic E-state index is 12.7. The van der Waals surface area contributed by atoms with Gasteiger partial charge in [0.05, 0.1) is 16.3 Å². The summed E-state index contributed by atoms with van der Waals surface area (Å²) in [7, 11) is 0. The van der Waals surface area contributed by atoms with Crippen LogP contribution in [0.25, 0.3) is 5.69 Å². The number of halogens is 1. The second kappa shape index (κ2) is 6.97.